The maximum absolute atomic E-state index is 11.4. The molecule has 0 aliphatic heterocycles. The normalized spacial score (nSPS) is 11.9. The van der Waals surface area contributed by atoms with Gasteiger partial charge in [-0.25, -0.2) is 9.97 Å². The molecule has 0 radical (unpaired) electrons. The monoisotopic (exact) mass is 219 g/mol. The molecule has 0 fully saturated rings. The second-order valence-electron chi connectivity index (χ2n) is 3.02. The van der Waals surface area contributed by atoms with Crippen molar-refractivity contribution in [3.8, 4) is 0 Å². The van der Waals surface area contributed by atoms with E-state index >= 15 is 0 Å². The van der Waals surface area contributed by atoms with E-state index in [1.54, 1.807) is 18.3 Å². The van der Waals surface area contributed by atoms with Gasteiger partial charge in [0.05, 0.1) is 14.9 Å². The van der Waals surface area contributed by atoms with Gasteiger partial charge < -0.3 is 4.98 Å². The fraction of sp³-hybridized carbons (Fsp3) is 0.100. The Morgan fingerprint density at radius 2 is 2.40 bits per heavy atom. The van der Waals surface area contributed by atoms with Gasteiger partial charge in [-0.05, 0) is 19.1 Å². The number of rotatable bonds is 1. The van der Waals surface area contributed by atoms with Gasteiger partial charge in [0.25, 0.3) is 5.56 Å². The van der Waals surface area contributed by atoms with Crippen molar-refractivity contribution in [3.05, 3.63) is 43.3 Å². The summed E-state index contributed by atoms with van der Waals surface area (Å²) in [5, 5.41) is 0. The van der Waals surface area contributed by atoms with Gasteiger partial charge in [-0.1, -0.05) is 6.58 Å². The summed E-state index contributed by atoms with van der Waals surface area (Å²) in [6.45, 7) is 5.48. The van der Waals surface area contributed by atoms with E-state index in [0.29, 0.717) is 15.0 Å². The van der Waals surface area contributed by atoms with Crippen LogP contribution in [-0.4, -0.2) is 15.0 Å². The van der Waals surface area contributed by atoms with Crippen LogP contribution < -0.4 is 14.8 Å². The third kappa shape index (κ3) is 2.19. The first-order chi connectivity index (χ1) is 7.15. The van der Waals surface area contributed by atoms with Crippen molar-refractivity contribution in [2.24, 2.45) is 0 Å². The van der Waals surface area contributed by atoms with Gasteiger partial charge in [-0.3, -0.25) is 4.79 Å². The molecule has 1 N–H and O–H groups in total. The molecule has 5 heteroatoms. The molecule has 2 aromatic rings. The highest BCUT2D eigenvalue weighted by molar-refractivity contribution is 7.07. The fourth-order valence-electron chi connectivity index (χ4n) is 1.18. The Bertz CT molecular complexity index is 641. The zero-order valence-electron chi connectivity index (χ0n) is 8.15. The van der Waals surface area contributed by atoms with Gasteiger partial charge in [0.2, 0.25) is 0 Å². The van der Waals surface area contributed by atoms with Crippen LogP contribution in [-0.2, 0) is 0 Å². The summed E-state index contributed by atoms with van der Waals surface area (Å²) in [7, 11) is 0. The Morgan fingerprint density at radius 1 is 1.60 bits per heavy atom. The lowest BCUT2D eigenvalue weighted by molar-refractivity contribution is 1.04. The Hall–Kier alpha value is -1.75. The van der Waals surface area contributed by atoms with Gasteiger partial charge in [0.15, 0.2) is 0 Å². The first-order valence-corrected chi connectivity index (χ1v) is 5.16. The smallest absolute Gasteiger partial charge is 0.266 e. The molecule has 0 amide bonds. The van der Waals surface area contributed by atoms with Crippen LogP contribution in [0, 0.1) is 6.92 Å². The quantitative estimate of drug-likeness (QED) is 0.721. The van der Waals surface area contributed by atoms with Crippen molar-refractivity contribution >= 4 is 24.0 Å². The standard InChI is InChI=1S/C10H9N3OS/c1-6-11-4-3-8(12-6)5-9-10(14)13-7(2)15-9/h3-5H,2H2,1H3,(H,13,14)/b9-5-. The summed E-state index contributed by atoms with van der Waals surface area (Å²) < 4.78 is 1.26. The molecule has 0 bridgehead atoms. The summed E-state index contributed by atoms with van der Waals surface area (Å²) in [5.74, 6) is 0.687. The van der Waals surface area contributed by atoms with Crippen LogP contribution in [0.4, 0.5) is 0 Å². The number of nitrogens with one attached hydrogen (secondary N) is 1. The second-order valence-corrected chi connectivity index (χ2v) is 4.15. The van der Waals surface area contributed by atoms with Crippen LogP contribution in [0.2, 0.25) is 0 Å². The molecule has 0 atom stereocenters. The van der Waals surface area contributed by atoms with Crippen LogP contribution in [0.25, 0.3) is 12.7 Å². The summed E-state index contributed by atoms with van der Waals surface area (Å²) in [4.78, 5) is 22.2. The Balaban J connectivity index is 2.60. The van der Waals surface area contributed by atoms with Crippen molar-refractivity contribution in [3.63, 3.8) is 0 Å². The molecule has 4 nitrogen and oxygen atoms in total. The fourth-order valence-corrected chi connectivity index (χ4v) is 1.91. The van der Waals surface area contributed by atoms with Crippen molar-refractivity contribution in [2.75, 3.05) is 0 Å². The molecular weight excluding hydrogens is 210 g/mol. The van der Waals surface area contributed by atoms with Gasteiger partial charge in [-0.2, -0.15) is 0 Å². The maximum atomic E-state index is 11.4. The van der Waals surface area contributed by atoms with Crippen LogP contribution in [0.3, 0.4) is 0 Å². The Morgan fingerprint density at radius 3 is 3.00 bits per heavy atom. The van der Waals surface area contributed by atoms with Crippen molar-refractivity contribution in [1.29, 1.82) is 0 Å². The molecule has 0 saturated carbocycles. The van der Waals surface area contributed by atoms with E-state index in [2.05, 4.69) is 21.5 Å². The molecule has 0 aliphatic rings. The minimum Gasteiger partial charge on any atom is -0.313 e. The van der Waals surface area contributed by atoms with Crippen molar-refractivity contribution < 1.29 is 0 Å². The number of aromatic nitrogens is 3. The predicted octanol–water partition coefficient (Wildman–Crippen LogP) is -0.226. The number of thiazole rings is 1. The lowest BCUT2D eigenvalue weighted by Gasteiger charge is -1.91. The van der Waals surface area contributed by atoms with E-state index < -0.39 is 0 Å². The second kappa shape index (κ2) is 3.78. The molecule has 0 aromatic carbocycles. The molecule has 0 spiro atoms. The van der Waals surface area contributed by atoms with E-state index in [9.17, 15) is 4.79 Å². The van der Waals surface area contributed by atoms with Gasteiger partial charge in [0, 0.05) is 6.20 Å². The van der Waals surface area contributed by atoms with Crippen molar-refractivity contribution in [1.82, 2.24) is 15.0 Å². The van der Waals surface area contributed by atoms with E-state index in [1.807, 2.05) is 6.92 Å². The van der Waals surface area contributed by atoms with Crippen LogP contribution in [0.5, 0.6) is 0 Å². The van der Waals surface area contributed by atoms with Crippen molar-refractivity contribution in [2.45, 2.75) is 6.92 Å². The summed E-state index contributed by atoms with van der Waals surface area (Å²) in [5.41, 5.74) is 0.608. The van der Waals surface area contributed by atoms with E-state index in [0.717, 1.165) is 5.69 Å². The highest BCUT2D eigenvalue weighted by atomic mass is 32.1. The van der Waals surface area contributed by atoms with Crippen LogP contribution in [0.1, 0.15) is 11.5 Å². The Labute approximate surface area is 89.7 Å². The average Bonchev–Trinajstić information content (AvgIpc) is 2.45. The maximum Gasteiger partial charge on any atom is 0.266 e. The van der Waals surface area contributed by atoms with E-state index in [4.69, 9.17) is 0 Å². The number of H-pyrrole nitrogens is 1. The average molecular weight is 219 g/mol. The number of hydrogen-bond donors (Lipinski definition) is 1. The number of aryl methyl sites for hydroxylation is 1. The number of nitrogens with zero attached hydrogens (tertiary/aromatic N) is 2. The van der Waals surface area contributed by atoms with Crippen LogP contribution >= 0.6 is 11.3 Å². The lowest BCUT2D eigenvalue weighted by atomic mass is 10.4. The van der Waals surface area contributed by atoms with Gasteiger partial charge in [-0.15, -0.1) is 11.3 Å². The molecule has 0 unspecified atom stereocenters. The lowest BCUT2D eigenvalue weighted by Crippen LogP contribution is -2.19. The zero-order chi connectivity index (χ0) is 10.8. The number of hydrogen-bond acceptors (Lipinski definition) is 4. The molecule has 2 heterocycles. The molecule has 2 rings (SSSR count). The largest absolute Gasteiger partial charge is 0.313 e. The topological polar surface area (TPSA) is 58.6 Å². The Kier molecular flexibility index (Phi) is 2.47. The zero-order valence-corrected chi connectivity index (χ0v) is 8.97. The molecular formula is C10H9N3OS. The summed E-state index contributed by atoms with van der Waals surface area (Å²) in [6.07, 6.45) is 3.40. The SMILES string of the molecule is C=c1[nH]c(=O)/c(=C/c2ccnc(C)n2)s1. The minimum atomic E-state index is -0.124. The highest BCUT2D eigenvalue weighted by Gasteiger charge is 1.95. The number of aromatic amines is 1. The van der Waals surface area contributed by atoms with Gasteiger partial charge in [0.1, 0.15) is 5.82 Å². The van der Waals surface area contributed by atoms with E-state index in [-0.39, 0.29) is 5.56 Å². The summed E-state index contributed by atoms with van der Waals surface area (Å²) in [6, 6.07) is 1.76. The predicted molar refractivity (Wildman–Crippen MR) is 60.0 cm³/mol. The van der Waals surface area contributed by atoms with Crippen LogP contribution in [0.15, 0.2) is 17.1 Å². The first-order valence-electron chi connectivity index (χ1n) is 4.34. The highest BCUT2D eigenvalue weighted by Crippen LogP contribution is 1.94. The molecule has 2 aromatic heterocycles. The minimum absolute atomic E-state index is 0.124. The molecule has 76 valence electrons. The van der Waals surface area contributed by atoms with Gasteiger partial charge >= 0.3 is 0 Å². The third-order valence-corrected chi connectivity index (χ3v) is 2.66. The summed E-state index contributed by atoms with van der Waals surface area (Å²) >= 11 is 1.32. The molecule has 0 saturated heterocycles. The molecule has 15 heavy (non-hydrogen) atoms. The third-order valence-electron chi connectivity index (χ3n) is 1.79. The molecule has 0 aliphatic carbocycles. The first kappa shape index (κ1) is 9.79. The van der Waals surface area contributed by atoms with E-state index in [1.165, 1.54) is 11.3 Å².